The maximum absolute atomic E-state index is 13.0. The van der Waals surface area contributed by atoms with Gasteiger partial charge in [-0.25, -0.2) is 35.9 Å². The molecule has 2 saturated carbocycles. The predicted octanol–water partition coefficient (Wildman–Crippen LogP) is 5.11. The Morgan fingerprint density at radius 3 is 1.30 bits per heavy atom. The van der Waals surface area contributed by atoms with E-state index < -0.39 is 44.1 Å². The lowest BCUT2D eigenvalue weighted by Gasteiger charge is -2.24. The van der Waals surface area contributed by atoms with Gasteiger partial charge in [-0.15, -0.1) is 0 Å². The Kier molecular flexibility index (Phi) is 13.8. The third-order valence-corrected chi connectivity index (χ3v) is 11.7. The number of esters is 2. The summed E-state index contributed by atoms with van der Waals surface area (Å²) in [5.74, 6) is -1.44. The van der Waals surface area contributed by atoms with Gasteiger partial charge in [0.25, 0.3) is 0 Å². The van der Waals surface area contributed by atoms with Gasteiger partial charge in [0, 0.05) is 12.2 Å². The third kappa shape index (κ3) is 12.6. The molecule has 2 aromatic rings. The Bertz CT molecular complexity index is 1370. The topological polar surface area (TPSA) is 145 Å². The minimum absolute atomic E-state index is 0.0245. The number of hydrogen-bond donors (Lipinski definition) is 2. The number of benzene rings is 2. The van der Waals surface area contributed by atoms with E-state index in [4.69, 9.17) is 9.47 Å². The number of nitrogens with one attached hydrogen (secondary N) is 2. The Labute approximate surface area is 273 Å². The van der Waals surface area contributed by atoms with Gasteiger partial charge in [-0.2, -0.15) is 0 Å². The van der Waals surface area contributed by atoms with Crippen LogP contribution in [0.1, 0.15) is 87.4 Å². The van der Waals surface area contributed by atoms with Crippen LogP contribution in [0.5, 0.6) is 0 Å². The Balaban J connectivity index is 1.31. The van der Waals surface area contributed by atoms with Crippen molar-refractivity contribution in [1.29, 1.82) is 0 Å². The van der Waals surface area contributed by atoms with Crippen molar-refractivity contribution < 1.29 is 35.9 Å². The molecule has 0 heterocycles. The lowest BCUT2D eigenvalue weighted by atomic mass is 9.91. The normalized spacial score (nSPS) is 18.2. The van der Waals surface area contributed by atoms with E-state index in [9.17, 15) is 26.4 Å². The zero-order valence-electron chi connectivity index (χ0n) is 26.2. The second kappa shape index (κ2) is 17.7. The first-order valence-corrected chi connectivity index (χ1v) is 19.5. The lowest BCUT2D eigenvalue weighted by Crippen LogP contribution is -2.36. The summed E-state index contributed by atoms with van der Waals surface area (Å²) in [7, 11) is -7.29. The molecule has 0 aromatic heterocycles. The monoisotopic (exact) mass is 674 g/mol. The van der Waals surface area contributed by atoms with Gasteiger partial charge < -0.3 is 9.47 Å². The molecule has 2 aliphatic rings. The number of sulfonamides is 2. The molecule has 0 spiro atoms. The standard InChI is InChI=1S/C34H46N2O8S2/c37-33(43-23-31(29-17-9-3-10-18-29)35-45(39,40)25-27-13-5-1-6-14-27)21-22-34(38)44-24-32(30-19-11-4-12-20-30)36-46(41,42)26-28-15-7-2-8-16-28/h3-4,9-12,17-22,27-28,31-32,35-36H,1-2,5-8,13-16,23-26H2/b22-21+/t31-,32-/m0/s1. The molecule has 2 N–H and O–H groups in total. The molecule has 2 fully saturated rings. The summed E-state index contributed by atoms with van der Waals surface area (Å²) >= 11 is 0. The molecule has 0 radical (unpaired) electrons. The van der Waals surface area contributed by atoms with E-state index in [1.54, 1.807) is 48.5 Å². The fourth-order valence-electron chi connectivity index (χ4n) is 6.19. The third-order valence-electron chi connectivity index (χ3n) is 8.55. The van der Waals surface area contributed by atoms with E-state index in [2.05, 4.69) is 9.44 Å². The van der Waals surface area contributed by atoms with Crippen LogP contribution in [0.4, 0.5) is 0 Å². The van der Waals surface area contributed by atoms with Crippen LogP contribution in [0.25, 0.3) is 0 Å². The minimum Gasteiger partial charge on any atom is -0.460 e. The summed E-state index contributed by atoms with van der Waals surface area (Å²) in [4.78, 5) is 25.0. The molecule has 0 bridgehead atoms. The van der Waals surface area contributed by atoms with Crippen molar-refractivity contribution in [3.05, 3.63) is 83.9 Å². The number of hydrogen-bond acceptors (Lipinski definition) is 8. The number of carbonyl (C=O) groups is 2. The SMILES string of the molecule is O=C(/C=C/C(=O)OC[C@H](NS(=O)(=O)CC1CCCCC1)c1ccccc1)OC[C@H](NS(=O)(=O)CC1CCCCC1)c1ccccc1. The first kappa shape index (κ1) is 35.8. The van der Waals surface area contributed by atoms with Crippen LogP contribution in [-0.2, 0) is 39.1 Å². The van der Waals surface area contributed by atoms with E-state index in [0.29, 0.717) is 11.1 Å². The van der Waals surface area contributed by atoms with Crippen molar-refractivity contribution in [2.45, 2.75) is 76.3 Å². The lowest BCUT2D eigenvalue weighted by molar-refractivity contribution is -0.141. The summed E-state index contributed by atoms with van der Waals surface area (Å²) < 4.78 is 68.0. The molecule has 252 valence electrons. The Morgan fingerprint density at radius 2 is 0.957 bits per heavy atom. The minimum atomic E-state index is -3.64. The summed E-state index contributed by atoms with van der Waals surface area (Å²) in [6.45, 7) is -0.546. The molecular weight excluding hydrogens is 629 g/mol. The summed E-state index contributed by atoms with van der Waals surface area (Å²) in [5.41, 5.74) is 1.28. The van der Waals surface area contributed by atoms with Gasteiger partial charge in [0.2, 0.25) is 20.0 Å². The predicted molar refractivity (Wildman–Crippen MR) is 176 cm³/mol. The van der Waals surface area contributed by atoms with Crippen LogP contribution >= 0.6 is 0 Å². The second-order valence-corrected chi connectivity index (χ2v) is 15.9. The fourth-order valence-corrected chi connectivity index (χ4v) is 9.56. The van der Waals surface area contributed by atoms with Crippen molar-refractivity contribution in [3.63, 3.8) is 0 Å². The highest BCUT2D eigenvalue weighted by atomic mass is 32.2. The first-order chi connectivity index (χ1) is 22.1. The van der Waals surface area contributed by atoms with Crippen LogP contribution in [0, 0.1) is 11.8 Å². The molecule has 0 amide bonds. The van der Waals surface area contributed by atoms with E-state index in [0.717, 1.165) is 76.4 Å². The van der Waals surface area contributed by atoms with Crippen LogP contribution < -0.4 is 9.44 Å². The highest BCUT2D eigenvalue weighted by molar-refractivity contribution is 7.89. The van der Waals surface area contributed by atoms with Gasteiger partial charge in [-0.05, 0) is 48.6 Å². The maximum atomic E-state index is 13.0. The van der Waals surface area contributed by atoms with Gasteiger partial charge in [0.1, 0.15) is 13.2 Å². The Morgan fingerprint density at radius 1 is 0.609 bits per heavy atom. The molecule has 2 aromatic carbocycles. The van der Waals surface area contributed by atoms with Crippen molar-refractivity contribution >= 4 is 32.0 Å². The molecule has 12 heteroatoms. The summed E-state index contributed by atoms with van der Waals surface area (Å²) in [5, 5.41) is 0. The molecular formula is C34H46N2O8S2. The van der Waals surface area contributed by atoms with E-state index in [1.807, 2.05) is 12.1 Å². The van der Waals surface area contributed by atoms with Gasteiger partial charge in [-0.3, -0.25) is 0 Å². The van der Waals surface area contributed by atoms with E-state index in [1.165, 1.54) is 0 Å². The number of rotatable bonds is 16. The maximum Gasteiger partial charge on any atom is 0.331 e. The van der Waals surface area contributed by atoms with Gasteiger partial charge >= 0.3 is 11.9 Å². The second-order valence-electron chi connectivity index (χ2n) is 12.3. The highest BCUT2D eigenvalue weighted by Gasteiger charge is 2.27. The van der Waals surface area contributed by atoms with Crippen LogP contribution in [-0.4, -0.2) is 53.5 Å². The molecule has 2 atom stereocenters. The molecule has 0 aliphatic heterocycles. The van der Waals surface area contributed by atoms with Crippen molar-refractivity contribution in [1.82, 2.24) is 9.44 Å². The number of carbonyl (C=O) groups excluding carboxylic acids is 2. The van der Waals surface area contributed by atoms with Crippen LogP contribution in [0.3, 0.4) is 0 Å². The largest absolute Gasteiger partial charge is 0.460 e. The molecule has 10 nitrogen and oxygen atoms in total. The summed E-state index contributed by atoms with van der Waals surface area (Å²) in [6, 6.07) is 16.1. The smallest absolute Gasteiger partial charge is 0.331 e. The van der Waals surface area contributed by atoms with Crippen molar-refractivity contribution in [2.75, 3.05) is 24.7 Å². The van der Waals surface area contributed by atoms with Crippen LogP contribution in [0.2, 0.25) is 0 Å². The molecule has 46 heavy (non-hydrogen) atoms. The zero-order valence-corrected chi connectivity index (χ0v) is 27.9. The van der Waals surface area contributed by atoms with Gasteiger partial charge in [-0.1, -0.05) is 99.2 Å². The zero-order chi connectivity index (χ0) is 32.8. The van der Waals surface area contributed by atoms with Crippen LogP contribution in [0.15, 0.2) is 72.8 Å². The average molecular weight is 675 g/mol. The first-order valence-electron chi connectivity index (χ1n) is 16.2. The number of ether oxygens (including phenoxy) is 2. The Hall–Kier alpha value is -3.06. The quantitative estimate of drug-likeness (QED) is 0.185. The van der Waals surface area contributed by atoms with Gasteiger partial charge in [0.05, 0.1) is 23.6 Å². The van der Waals surface area contributed by atoms with Crippen molar-refractivity contribution in [3.8, 4) is 0 Å². The molecule has 0 saturated heterocycles. The van der Waals surface area contributed by atoms with Gasteiger partial charge in [0.15, 0.2) is 0 Å². The van der Waals surface area contributed by atoms with Crippen molar-refractivity contribution in [2.24, 2.45) is 11.8 Å². The molecule has 4 rings (SSSR count). The molecule has 2 aliphatic carbocycles. The summed E-state index contributed by atoms with van der Waals surface area (Å²) in [6.07, 6.45) is 11.7. The highest BCUT2D eigenvalue weighted by Crippen LogP contribution is 2.27. The van der Waals surface area contributed by atoms with E-state index in [-0.39, 0.29) is 36.6 Å². The average Bonchev–Trinajstić information content (AvgIpc) is 3.05. The van der Waals surface area contributed by atoms with E-state index >= 15 is 0 Å². The fraction of sp³-hybridized carbons (Fsp3) is 0.529. The molecule has 0 unspecified atom stereocenters.